The molecule has 0 aromatic heterocycles. The van der Waals surface area contributed by atoms with Crippen LogP contribution in [0.2, 0.25) is 0 Å². The third-order valence-corrected chi connectivity index (χ3v) is 4.09. The molecule has 4 nitrogen and oxygen atoms in total. The summed E-state index contributed by atoms with van der Waals surface area (Å²) in [7, 11) is 1.64. The number of methoxy groups -OCH3 is 1. The number of nitrogens with one attached hydrogen (secondary N) is 1. The molecule has 0 heterocycles. The van der Waals surface area contributed by atoms with Crippen LogP contribution in [0.5, 0.6) is 11.5 Å². The fraction of sp³-hybridized carbons (Fsp3) is 0.278. The Kier molecular flexibility index (Phi) is 6.70. The standard InChI is InChI=1S/C18H20INO3/c1-13(23-17-9-5-15(19)6-10-17)18(21)20-12-11-14-3-7-16(22-2)8-4-14/h3-10,13H,11-12H2,1-2H3,(H,20,21)/t13-/m1/s1. The normalized spacial score (nSPS) is 11.6. The van der Waals surface area contributed by atoms with Crippen LogP contribution in [0.15, 0.2) is 48.5 Å². The molecule has 0 radical (unpaired) electrons. The molecule has 1 amide bonds. The maximum Gasteiger partial charge on any atom is 0.260 e. The first kappa shape index (κ1) is 17.6. The van der Waals surface area contributed by atoms with E-state index in [2.05, 4.69) is 27.9 Å². The molecule has 0 spiro atoms. The number of halogens is 1. The second-order valence-electron chi connectivity index (χ2n) is 5.10. The molecule has 2 aromatic rings. The van der Waals surface area contributed by atoms with Gasteiger partial charge in [-0.05, 0) is 77.9 Å². The summed E-state index contributed by atoms with van der Waals surface area (Å²) in [6, 6.07) is 15.5. The molecule has 5 heteroatoms. The van der Waals surface area contributed by atoms with Crippen molar-refractivity contribution in [3.05, 3.63) is 57.7 Å². The van der Waals surface area contributed by atoms with E-state index in [1.54, 1.807) is 14.0 Å². The van der Waals surface area contributed by atoms with E-state index in [9.17, 15) is 4.79 Å². The SMILES string of the molecule is COc1ccc(CCNC(=O)[C@@H](C)Oc2ccc(I)cc2)cc1. The maximum atomic E-state index is 12.0. The van der Waals surface area contributed by atoms with Gasteiger partial charge in [0.2, 0.25) is 0 Å². The Bertz CT molecular complexity index is 626. The first-order chi connectivity index (χ1) is 11.1. The van der Waals surface area contributed by atoms with Crippen molar-refractivity contribution in [2.24, 2.45) is 0 Å². The summed E-state index contributed by atoms with van der Waals surface area (Å²) < 4.78 is 11.9. The van der Waals surface area contributed by atoms with Gasteiger partial charge in [-0.1, -0.05) is 12.1 Å². The summed E-state index contributed by atoms with van der Waals surface area (Å²) in [5, 5.41) is 2.89. The Morgan fingerprint density at radius 1 is 1.09 bits per heavy atom. The Morgan fingerprint density at radius 2 is 1.70 bits per heavy atom. The smallest absolute Gasteiger partial charge is 0.260 e. The molecule has 2 rings (SSSR count). The van der Waals surface area contributed by atoms with E-state index >= 15 is 0 Å². The third-order valence-electron chi connectivity index (χ3n) is 3.37. The lowest BCUT2D eigenvalue weighted by molar-refractivity contribution is -0.127. The molecule has 122 valence electrons. The number of hydrogen-bond donors (Lipinski definition) is 1. The summed E-state index contributed by atoms with van der Waals surface area (Å²) in [4.78, 5) is 12.0. The van der Waals surface area contributed by atoms with Crippen molar-refractivity contribution >= 4 is 28.5 Å². The van der Waals surface area contributed by atoms with E-state index in [0.29, 0.717) is 12.3 Å². The van der Waals surface area contributed by atoms with Gasteiger partial charge in [-0.15, -0.1) is 0 Å². The summed E-state index contributed by atoms with van der Waals surface area (Å²) in [6.45, 7) is 2.33. The van der Waals surface area contributed by atoms with Gasteiger partial charge in [0.1, 0.15) is 11.5 Å². The van der Waals surface area contributed by atoms with Crippen LogP contribution < -0.4 is 14.8 Å². The zero-order chi connectivity index (χ0) is 16.7. The number of hydrogen-bond acceptors (Lipinski definition) is 3. The molecule has 0 unspecified atom stereocenters. The van der Waals surface area contributed by atoms with E-state index < -0.39 is 6.10 Å². The predicted molar refractivity (Wildman–Crippen MR) is 99.0 cm³/mol. The first-order valence-corrected chi connectivity index (χ1v) is 8.49. The van der Waals surface area contributed by atoms with Gasteiger partial charge in [0.15, 0.2) is 6.10 Å². The Morgan fingerprint density at radius 3 is 2.30 bits per heavy atom. The molecule has 0 saturated heterocycles. The number of rotatable bonds is 7. The Hall–Kier alpha value is -1.76. The van der Waals surface area contributed by atoms with Gasteiger partial charge in [-0.3, -0.25) is 4.79 Å². The molecular weight excluding hydrogens is 405 g/mol. The Labute approximate surface area is 150 Å². The molecule has 1 N–H and O–H groups in total. The van der Waals surface area contributed by atoms with E-state index in [4.69, 9.17) is 9.47 Å². The van der Waals surface area contributed by atoms with Crippen LogP contribution in [0.25, 0.3) is 0 Å². The zero-order valence-corrected chi connectivity index (χ0v) is 15.4. The Balaban J connectivity index is 1.75. The maximum absolute atomic E-state index is 12.0. The first-order valence-electron chi connectivity index (χ1n) is 7.41. The van der Waals surface area contributed by atoms with Gasteiger partial charge in [-0.2, -0.15) is 0 Å². The van der Waals surface area contributed by atoms with Crippen molar-refractivity contribution in [2.75, 3.05) is 13.7 Å². The van der Waals surface area contributed by atoms with Crippen molar-refractivity contribution in [3.63, 3.8) is 0 Å². The minimum Gasteiger partial charge on any atom is -0.497 e. The van der Waals surface area contributed by atoms with Crippen LogP contribution in [0.1, 0.15) is 12.5 Å². The van der Waals surface area contributed by atoms with Gasteiger partial charge in [0.05, 0.1) is 7.11 Å². The van der Waals surface area contributed by atoms with Crippen LogP contribution in [0.4, 0.5) is 0 Å². The van der Waals surface area contributed by atoms with E-state index in [-0.39, 0.29) is 5.91 Å². The lowest BCUT2D eigenvalue weighted by Gasteiger charge is -2.14. The predicted octanol–water partition coefficient (Wildman–Crippen LogP) is 3.43. The van der Waals surface area contributed by atoms with Crippen LogP contribution in [0.3, 0.4) is 0 Å². The number of carbonyl (C=O) groups excluding carboxylic acids is 1. The summed E-state index contributed by atoms with van der Waals surface area (Å²) in [5.74, 6) is 1.41. The fourth-order valence-corrected chi connectivity index (χ4v) is 2.40. The molecule has 2 aromatic carbocycles. The number of benzene rings is 2. The van der Waals surface area contributed by atoms with Gasteiger partial charge >= 0.3 is 0 Å². The second kappa shape index (κ2) is 8.76. The number of ether oxygens (including phenoxy) is 2. The molecule has 0 bridgehead atoms. The molecule has 0 aliphatic heterocycles. The topological polar surface area (TPSA) is 47.6 Å². The average molecular weight is 425 g/mol. The minimum absolute atomic E-state index is 0.114. The molecular formula is C18H20INO3. The lowest BCUT2D eigenvalue weighted by Crippen LogP contribution is -2.37. The van der Waals surface area contributed by atoms with E-state index in [1.807, 2.05) is 48.5 Å². The summed E-state index contributed by atoms with van der Waals surface area (Å²) in [6.07, 6.45) is 0.248. The lowest BCUT2D eigenvalue weighted by atomic mass is 10.1. The van der Waals surface area contributed by atoms with Crippen molar-refractivity contribution in [3.8, 4) is 11.5 Å². The number of carbonyl (C=O) groups is 1. The zero-order valence-electron chi connectivity index (χ0n) is 13.2. The summed E-state index contributed by atoms with van der Waals surface area (Å²) in [5.41, 5.74) is 1.15. The van der Waals surface area contributed by atoms with Crippen molar-refractivity contribution < 1.29 is 14.3 Å². The average Bonchev–Trinajstić information content (AvgIpc) is 2.57. The van der Waals surface area contributed by atoms with Crippen LogP contribution in [-0.2, 0) is 11.2 Å². The minimum atomic E-state index is -0.522. The van der Waals surface area contributed by atoms with Crippen molar-refractivity contribution in [1.82, 2.24) is 5.32 Å². The summed E-state index contributed by atoms with van der Waals surface area (Å²) >= 11 is 2.23. The molecule has 0 fully saturated rings. The van der Waals surface area contributed by atoms with Crippen LogP contribution >= 0.6 is 22.6 Å². The highest BCUT2D eigenvalue weighted by Crippen LogP contribution is 2.15. The van der Waals surface area contributed by atoms with E-state index in [1.165, 1.54) is 0 Å². The second-order valence-corrected chi connectivity index (χ2v) is 6.35. The van der Waals surface area contributed by atoms with Crippen LogP contribution in [-0.4, -0.2) is 25.7 Å². The van der Waals surface area contributed by atoms with E-state index in [0.717, 1.165) is 21.3 Å². The largest absolute Gasteiger partial charge is 0.497 e. The molecule has 0 saturated carbocycles. The van der Waals surface area contributed by atoms with Gasteiger partial charge in [0, 0.05) is 10.1 Å². The monoisotopic (exact) mass is 425 g/mol. The van der Waals surface area contributed by atoms with Crippen molar-refractivity contribution in [2.45, 2.75) is 19.4 Å². The molecule has 0 aliphatic carbocycles. The quantitative estimate of drug-likeness (QED) is 0.692. The highest BCUT2D eigenvalue weighted by Gasteiger charge is 2.13. The fourth-order valence-electron chi connectivity index (χ4n) is 2.04. The van der Waals surface area contributed by atoms with Gasteiger partial charge in [0.25, 0.3) is 5.91 Å². The molecule has 23 heavy (non-hydrogen) atoms. The van der Waals surface area contributed by atoms with Gasteiger partial charge < -0.3 is 14.8 Å². The number of amides is 1. The molecule has 1 atom stereocenters. The highest BCUT2D eigenvalue weighted by atomic mass is 127. The van der Waals surface area contributed by atoms with Gasteiger partial charge in [-0.25, -0.2) is 0 Å². The highest BCUT2D eigenvalue weighted by molar-refractivity contribution is 14.1. The van der Waals surface area contributed by atoms with Crippen LogP contribution in [0, 0.1) is 3.57 Å². The molecule has 0 aliphatic rings. The van der Waals surface area contributed by atoms with Crippen molar-refractivity contribution in [1.29, 1.82) is 0 Å². The third kappa shape index (κ3) is 5.74.